The molecule has 0 spiro atoms. The average Bonchev–Trinajstić information content (AvgIpc) is 2.72. The number of hydrogen-bond acceptors (Lipinski definition) is 2. The molecule has 0 amide bonds. The van der Waals surface area contributed by atoms with E-state index >= 15 is 0 Å². The number of fused-ring (bicyclic) bond motifs is 1. The molecule has 2 aromatic heterocycles. The molecular formula is C13H15FN2O. The van der Waals surface area contributed by atoms with Crippen LogP contribution in [0.15, 0.2) is 30.6 Å². The van der Waals surface area contributed by atoms with Gasteiger partial charge in [0.2, 0.25) is 0 Å². The number of halogens is 1. The highest BCUT2D eigenvalue weighted by Gasteiger charge is 2.21. The number of rotatable bonds is 3. The molecule has 4 heteroatoms. The summed E-state index contributed by atoms with van der Waals surface area (Å²) >= 11 is 0. The molecule has 0 aliphatic carbocycles. The lowest BCUT2D eigenvalue weighted by Crippen LogP contribution is -2.32. The summed E-state index contributed by atoms with van der Waals surface area (Å²) in [7, 11) is 3.66. The number of carbonyl (C=O) groups excluding carboxylic acids is 1. The van der Waals surface area contributed by atoms with Crippen molar-refractivity contribution >= 4 is 11.3 Å². The number of pyridine rings is 1. The van der Waals surface area contributed by atoms with Crippen molar-refractivity contribution in [2.45, 2.75) is 13.0 Å². The van der Waals surface area contributed by atoms with Gasteiger partial charge in [-0.1, -0.05) is 0 Å². The van der Waals surface area contributed by atoms with Gasteiger partial charge in [-0.25, -0.2) is 4.39 Å². The lowest BCUT2D eigenvalue weighted by molar-refractivity contribution is 0.0892. The van der Waals surface area contributed by atoms with Gasteiger partial charge in [-0.2, -0.15) is 0 Å². The van der Waals surface area contributed by atoms with Crippen molar-refractivity contribution in [3.05, 3.63) is 42.0 Å². The fourth-order valence-corrected chi connectivity index (χ4v) is 1.78. The van der Waals surface area contributed by atoms with Crippen LogP contribution >= 0.6 is 0 Å². The zero-order valence-corrected chi connectivity index (χ0v) is 10.1. The summed E-state index contributed by atoms with van der Waals surface area (Å²) in [5.41, 5.74) is 0.788. The van der Waals surface area contributed by atoms with Crippen LogP contribution in [-0.4, -0.2) is 35.2 Å². The van der Waals surface area contributed by atoms with Gasteiger partial charge in [-0.05, 0) is 39.2 Å². The molecule has 1 atom stereocenters. The van der Waals surface area contributed by atoms with E-state index in [2.05, 4.69) is 0 Å². The Morgan fingerprint density at radius 3 is 2.71 bits per heavy atom. The maximum absolute atomic E-state index is 13.7. The second-order valence-corrected chi connectivity index (χ2v) is 4.35. The van der Waals surface area contributed by atoms with Crippen molar-refractivity contribution in [1.82, 2.24) is 9.30 Å². The van der Waals surface area contributed by atoms with E-state index in [1.165, 1.54) is 6.07 Å². The summed E-state index contributed by atoms with van der Waals surface area (Å²) < 4.78 is 15.3. The lowest BCUT2D eigenvalue weighted by Gasteiger charge is -2.17. The Labute approximate surface area is 99.5 Å². The largest absolute Gasteiger partial charge is 0.321 e. The number of likely N-dealkylation sites (N-methyl/N-ethyl adjacent to an activating group) is 1. The van der Waals surface area contributed by atoms with Crippen molar-refractivity contribution < 1.29 is 9.18 Å². The van der Waals surface area contributed by atoms with Gasteiger partial charge in [-0.15, -0.1) is 0 Å². The van der Waals surface area contributed by atoms with E-state index in [9.17, 15) is 9.18 Å². The Hall–Kier alpha value is -1.68. The van der Waals surface area contributed by atoms with Crippen LogP contribution in [0.1, 0.15) is 17.3 Å². The minimum absolute atomic E-state index is 0.0670. The van der Waals surface area contributed by atoms with Gasteiger partial charge in [0.15, 0.2) is 5.78 Å². The van der Waals surface area contributed by atoms with Crippen LogP contribution in [0.4, 0.5) is 4.39 Å². The van der Waals surface area contributed by atoms with Gasteiger partial charge in [0.05, 0.1) is 11.6 Å². The molecule has 2 aromatic rings. The summed E-state index contributed by atoms with van der Waals surface area (Å²) in [6.07, 6.45) is 3.43. The van der Waals surface area contributed by atoms with E-state index in [0.29, 0.717) is 11.1 Å². The second-order valence-electron chi connectivity index (χ2n) is 4.35. The molecule has 0 aromatic carbocycles. The van der Waals surface area contributed by atoms with Gasteiger partial charge in [-0.3, -0.25) is 9.69 Å². The van der Waals surface area contributed by atoms with Crippen LogP contribution in [0.5, 0.6) is 0 Å². The van der Waals surface area contributed by atoms with E-state index in [0.717, 1.165) is 0 Å². The van der Waals surface area contributed by atoms with Crippen molar-refractivity contribution in [3.63, 3.8) is 0 Å². The number of Topliss-reactive ketones (excluding diaryl/α,β-unsaturated/α-hetero) is 1. The standard InChI is InChI=1S/C13H15FN2O/c1-9(15(2)3)13(17)10-6-8-16-7-4-5-11(14)12(10)16/h4-9H,1-3H3. The highest BCUT2D eigenvalue weighted by Crippen LogP contribution is 2.18. The molecule has 0 saturated carbocycles. The molecule has 0 radical (unpaired) electrons. The third-order valence-electron chi connectivity index (χ3n) is 3.05. The first-order valence-corrected chi connectivity index (χ1v) is 5.48. The zero-order chi connectivity index (χ0) is 12.6. The first-order chi connectivity index (χ1) is 8.02. The molecule has 0 N–H and O–H groups in total. The van der Waals surface area contributed by atoms with Gasteiger partial charge in [0.1, 0.15) is 5.82 Å². The summed E-state index contributed by atoms with van der Waals surface area (Å²) in [6.45, 7) is 1.81. The van der Waals surface area contributed by atoms with Crippen LogP contribution in [-0.2, 0) is 0 Å². The second kappa shape index (κ2) is 4.30. The summed E-state index contributed by atoms with van der Waals surface area (Å²) in [5, 5.41) is 0. The molecule has 1 unspecified atom stereocenters. The van der Waals surface area contributed by atoms with Gasteiger partial charge >= 0.3 is 0 Å². The summed E-state index contributed by atoms with van der Waals surface area (Å²) in [5.74, 6) is -0.436. The fourth-order valence-electron chi connectivity index (χ4n) is 1.78. The smallest absolute Gasteiger partial charge is 0.181 e. The maximum atomic E-state index is 13.7. The van der Waals surface area contributed by atoms with Crippen molar-refractivity contribution in [2.75, 3.05) is 14.1 Å². The Morgan fingerprint density at radius 1 is 1.35 bits per heavy atom. The van der Waals surface area contributed by atoms with Gasteiger partial charge in [0.25, 0.3) is 0 Å². The third kappa shape index (κ3) is 1.96. The maximum Gasteiger partial charge on any atom is 0.181 e. The molecule has 0 fully saturated rings. The highest BCUT2D eigenvalue weighted by atomic mass is 19.1. The summed E-state index contributed by atoms with van der Waals surface area (Å²) in [4.78, 5) is 14.0. The quantitative estimate of drug-likeness (QED) is 0.761. The number of aromatic nitrogens is 1. The summed E-state index contributed by atoms with van der Waals surface area (Å²) in [6, 6.07) is 4.39. The Morgan fingerprint density at radius 2 is 2.06 bits per heavy atom. The monoisotopic (exact) mass is 234 g/mol. The first-order valence-electron chi connectivity index (χ1n) is 5.48. The molecule has 17 heavy (non-hydrogen) atoms. The molecule has 0 bridgehead atoms. The highest BCUT2D eigenvalue weighted by molar-refractivity contribution is 6.05. The number of carbonyl (C=O) groups is 1. The third-order valence-corrected chi connectivity index (χ3v) is 3.05. The van der Waals surface area contributed by atoms with Crippen LogP contribution in [0.3, 0.4) is 0 Å². The van der Waals surface area contributed by atoms with Crippen LogP contribution in [0, 0.1) is 5.82 Å². The average molecular weight is 234 g/mol. The van der Waals surface area contributed by atoms with E-state index in [4.69, 9.17) is 0 Å². The Bertz CT molecular complexity index is 560. The molecule has 0 saturated heterocycles. The lowest BCUT2D eigenvalue weighted by atomic mass is 10.1. The minimum Gasteiger partial charge on any atom is -0.321 e. The minimum atomic E-state index is -0.369. The van der Waals surface area contributed by atoms with E-state index in [-0.39, 0.29) is 17.6 Å². The van der Waals surface area contributed by atoms with E-state index in [1.54, 1.807) is 28.9 Å². The van der Waals surface area contributed by atoms with Crippen LogP contribution in [0.2, 0.25) is 0 Å². The van der Waals surface area contributed by atoms with Crippen LogP contribution < -0.4 is 0 Å². The number of ketones is 1. The van der Waals surface area contributed by atoms with Crippen molar-refractivity contribution in [2.24, 2.45) is 0 Å². The molecular weight excluding hydrogens is 219 g/mol. The molecule has 90 valence electrons. The zero-order valence-electron chi connectivity index (χ0n) is 10.1. The number of nitrogens with zero attached hydrogens (tertiary/aromatic N) is 2. The Balaban J connectivity index is 2.53. The fraction of sp³-hybridized carbons (Fsp3) is 0.308. The molecule has 0 aliphatic rings. The van der Waals surface area contributed by atoms with Crippen molar-refractivity contribution in [3.8, 4) is 0 Å². The van der Waals surface area contributed by atoms with Crippen molar-refractivity contribution in [1.29, 1.82) is 0 Å². The van der Waals surface area contributed by atoms with E-state index in [1.807, 2.05) is 25.9 Å². The molecule has 0 aliphatic heterocycles. The van der Waals surface area contributed by atoms with Crippen LogP contribution in [0.25, 0.3) is 5.52 Å². The Kier molecular flexibility index (Phi) is 2.98. The van der Waals surface area contributed by atoms with E-state index < -0.39 is 0 Å². The SMILES string of the molecule is CC(C(=O)c1ccn2cccc(F)c12)N(C)C. The van der Waals surface area contributed by atoms with Gasteiger partial charge in [0, 0.05) is 18.0 Å². The molecule has 3 nitrogen and oxygen atoms in total. The van der Waals surface area contributed by atoms with Gasteiger partial charge < -0.3 is 4.40 Å². The normalized spacial score (nSPS) is 13.2. The molecule has 2 rings (SSSR count). The molecule has 2 heterocycles. The predicted molar refractivity (Wildman–Crippen MR) is 64.8 cm³/mol. The first kappa shape index (κ1) is 11.8. The predicted octanol–water partition coefficient (Wildman–Crippen LogP) is 2.21. The number of hydrogen-bond donors (Lipinski definition) is 0. The topological polar surface area (TPSA) is 24.7 Å².